The second-order valence-electron chi connectivity index (χ2n) is 4.01. The fourth-order valence-corrected chi connectivity index (χ4v) is 2.71. The molecule has 2 rings (SSSR count). The lowest BCUT2D eigenvalue weighted by molar-refractivity contribution is -0.116. The van der Waals surface area contributed by atoms with Crippen molar-refractivity contribution in [3.63, 3.8) is 0 Å². The number of rotatable bonds is 3. The topological polar surface area (TPSA) is 72.5 Å². The first kappa shape index (κ1) is 13.9. The fourth-order valence-electron chi connectivity index (χ4n) is 1.59. The standard InChI is InChI=1S/C12H12ClNO4S/c13-10-3-5-11(6-4-10)19(16,17)14-12(15)9-2-1-7-18-8-9/h3-6,8H,1-2,7H2,(H,14,15). The Morgan fingerprint density at radius 2 is 1.95 bits per heavy atom. The summed E-state index contributed by atoms with van der Waals surface area (Å²) in [5.41, 5.74) is 0.323. The summed E-state index contributed by atoms with van der Waals surface area (Å²) in [6.07, 6.45) is 2.50. The molecule has 0 radical (unpaired) electrons. The molecular weight excluding hydrogens is 290 g/mol. The number of hydrogen-bond acceptors (Lipinski definition) is 4. The third-order valence-corrected chi connectivity index (χ3v) is 4.18. The van der Waals surface area contributed by atoms with E-state index in [2.05, 4.69) is 0 Å². The molecule has 19 heavy (non-hydrogen) atoms. The van der Waals surface area contributed by atoms with Crippen LogP contribution in [0.3, 0.4) is 0 Å². The maximum absolute atomic E-state index is 12.0. The molecule has 0 spiro atoms. The SMILES string of the molecule is O=C(NS(=O)(=O)c1ccc(Cl)cc1)C1=COCCC1. The fraction of sp³-hybridized carbons (Fsp3) is 0.250. The molecule has 0 aromatic heterocycles. The monoisotopic (exact) mass is 301 g/mol. The average molecular weight is 302 g/mol. The van der Waals surface area contributed by atoms with E-state index in [-0.39, 0.29) is 4.90 Å². The minimum atomic E-state index is -3.88. The summed E-state index contributed by atoms with van der Waals surface area (Å²) in [4.78, 5) is 11.8. The maximum Gasteiger partial charge on any atom is 0.264 e. The Bertz CT molecular complexity index is 607. The minimum absolute atomic E-state index is 0.0115. The quantitative estimate of drug-likeness (QED) is 0.924. The molecule has 1 aromatic rings. The summed E-state index contributed by atoms with van der Waals surface area (Å²) in [6.45, 7) is 0.542. The van der Waals surface area contributed by atoms with Gasteiger partial charge >= 0.3 is 0 Å². The second-order valence-corrected chi connectivity index (χ2v) is 6.12. The van der Waals surface area contributed by atoms with Gasteiger partial charge in [0.15, 0.2) is 0 Å². The summed E-state index contributed by atoms with van der Waals surface area (Å²) < 4.78 is 30.9. The van der Waals surface area contributed by atoms with Crippen LogP contribution in [0.2, 0.25) is 5.02 Å². The highest BCUT2D eigenvalue weighted by molar-refractivity contribution is 7.90. The van der Waals surface area contributed by atoms with Crippen molar-refractivity contribution in [3.8, 4) is 0 Å². The first-order valence-corrected chi connectivity index (χ1v) is 7.48. The number of carbonyl (C=O) groups excluding carboxylic acids is 1. The number of ether oxygens (including phenoxy) is 1. The molecule has 0 aliphatic carbocycles. The molecule has 1 aliphatic heterocycles. The van der Waals surface area contributed by atoms with E-state index in [1.165, 1.54) is 30.5 Å². The first-order valence-electron chi connectivity index (χ1n) is 5.62. The van der Waals surface area contributed by atoms with Crippen molar-refractivity contribution in [2.45, 2.75) is 17.7 Å². The van der Waals surface area contributed by atoms with Gasteiger partial charge in [-0.1, -0.05) is 11.6 Å². The molecule has 0 saturated carbocycles. The van der Waals surface area contributed by atoms with Gasteiger partial charge in [0.1, 0.15) is 0 Å². The molecule has 1 N–H and O–H groups in total. The van der Waals surface area contributed by atoms with E-state index in [1.54, 1.807) is 0 Å². The van der Waals surface area contributed by atoms with E-state index in [0.29, 0.717) is 30.0 Å². The zero-order valence-corrected chi connectivity index (χ0v) is 11.5. The summed E-state index contributed by atoms with van der Waals surface area (Å²) in [5.74, 6) is -0.658. The number of hydrogen-bond donors (Lipinski definition) is 1. The highest BCUT2D eigenvalue weighted by Crippen LogP contribution is 2.16. The molecule has 1 heterocycles. The Labute approximate surface area is 116 Å². The zero-order valence-electron chi connectivity index (χ0n) is 9.93. The molecular formula is C12H12ClNO4S. The Kier molecular flexibility index (Phi) is 4.11. The highest BCUT2D eigenvalue weighted by Gasteiger charge is 2.21. The number of benzene rings is 1. The van der Waals surface area contributed by atoms with Crippen LogP contribution in [0, 0.1) is 0 Å². The van der Waals surface area contributed by atoms with E-state index < -0.39 is 15.9 Å². The smallest absolute Gasteiger partial charge is 0.264 e. The molecule has 0 unspecified atom stereocenters. The van der Waals surface area contributed by atoms with Crippen molar-refractivity contribution in [1.82, 2.24) is 4.72 Å². The molecule has 0 fully saturated rings. The van der Waals surface area contributed by atoms with Gasteiger partial charge in [0.2, 0.25) is 0 Å². The molecule has 0 saturated heterocycles. The molecule has 0 bridgehead atoms. The number of sulfonamides is 1. The van der Waals surface area contributed by atoms with Crippen molar-refractivity contribution in [2.24, 2.45) is 0 Å². The molecule has 102 valence electrons. The molecule has 1 aliphatic rings. The number of halogens is 1. The molecule has 1 amide bonds. The van der Waals surface area contributed by atoms with E-state index in [1.807, 2.05) is 4.72 Å². The maximum atomic E-state index is 12.0. The van der Waals surface area contributed by atoms with Crippen molar-refractivity contribution >= 4 is 27.5 Å². The van der Waals surface area contributed by atoms with Crippen LogP contribution in [0.15, 0.2) is 41.0 Å². The van der Waals surface area contributed by atoms with Gasteiger partial charge in [0.05, 0.1) is 23.3 Å². The van der Waals surface area contributed by atoms with Crippen LogP contribution in [-0.4, -0.2) is 20.9 Å². The predicted octanol–water partition coefficient (Wildman–Crippen LogP) is 1.84. The van der Waals surface area contributed by atoms with Gasteiger partial charge in [0, 0.05) is 5.02 Å². The first-order chi connectivity index (χ1) is 8.99. The van der Waals surface area contributed by atoms with Gasteiger partial charge in [-0.05, 0) is 37.1 Å². The predicted molar refractivity (Wildman–Crippen MR) is 70.0 cm³/mol. The summed E-state index contributed by atoms with van der Waals surface area (Å²) in [7, 11) is -3.88. The van der Waals surface area contributed by atoms with Gasteiger partial charge in [-0.25, -0.2) is 13.1 Å². The van der Waals surface area contributed by atoms with Crippen LogP contribution >= 0.6 is 11.6 Å². The lowest BCUT2D eigenvalue weighted by atomic mass is 10.1. The lowest BCUT2D eigenvalue weighted by Gasteiger charge is -2.13. The van der Waals surface area contributed by atoms with Crippen LogP contribution in [0.4, 0.5) is 0 Å². The van der Waals surface area contributed by atoms with E-state index >= 15 is 0 Å². The van der Waals surface area contributed by atoms with Crippen LogP contribution in [0.5, 0.6) is 0 Å². The van der Waals surface area contributed by atoms with Crippen molar-refractivity contribution in [2.75, 3.05) is 6.61 Å². The summed E-state index contributed by atoms with van der Waals surface area (Å²) in [6, 6.07) is 5.57. The molecule has 1 aromatic carbocycles. The lowest BCUT2D eigenvalue weighted by Crippen LogP contribution is -2.32. The second kappa shape index (κ2) is 5.63. The van der Waals surface area contributed by atoms with Gasteiger partial charge in [-0.3, -0.25) is 4.79 Å². The number of carbonyl (C=O) groups is 1. The van der Waals surface area contributed by atoms with Gasteiger partial charge in [-0.2, -0.15) is 0 Å². The van der Waals surface area contributed by atoms with Crippen LogP contribution in [0.1, 0.15) is 12.8 Å². The Hall–Kier alpha value is -1.53. The number of nitrogens with one attached hydrogen (secondary N) is 1. The third-order valence-electron chi connectivity index (χ3n) is 2.58. The highest BCUT2D eigenvalue weighted by atomic mass is 35.5. The van der Waals surface area contributed by atoms with Crippen LogP contribution < -0.4 is 4.72 Å². The normalized spacial score (nSPS) is 15.3. The summed E-state index contributed by atoms with van der Waals surface area (Å²) in [5, 5.41) is 0.425. The van der Waals surface area contributed by atoms with E-state index in [9.17, 15) is 13.2 Å². The van der Waals surface area contributed by atoms with Crippen LogP contribution in [0.25, 0.3) is 0 Å². The number of amides is 1. The Morgan fingerprint density at radius 1 is 1.26 bits per heavy atom. The van der Waals surface area contributed by atoms with Gasteiger partial charge in [0.25, 0.3) is 15.9 Å². The average Bonchev–Trinajstić information content (AvgIpc) is 2.40. The van der Waals surface area contributed by atoms with Gasteiger partial charge in [-0.15, -0.1) is 0 Å². The zero-order chi connectivity index (χ0) is 13.9. The summed E-state index contributed by atoms with van der Waals surface area (Å²) >= 11 is 5.68. The molecule has 7 heteroatoms. The molecule has 5 nitrogen and oxygen atoms in total. The van der Waals surface area contributed by atoms with Crippen molar-refractivity contribution in [3.05, 3.63) is 41.1 Å². The Balaban J connectivity index is 2.15. The minimum Gasteiger partial charge on any atom is -0.501 e. The van der Waals surface area contributed by atoms with Crippen LogP contribution in [-0.2, 0) is 19.6 Å². The third kappa shape index (κ3) is 3.48. The van der Waals surface area contributed by atoms with E-state index in [4.69, 9.17) is 16.3 Å². The van der Waals surface area contributed by atoms with Crippen molar-refractivity contribution < 1.29 is 17.9 Å². The van der Waals surface area contributed by atoms with E-state index in [0.717, 1.165) is 0 Å². The Morgan fingerprint density at radius 3 is 2.53 bits per heavy atom. The molecule has 0 atom stereocenters. The van der Waals surface area contributed by atoms with Crippen molar-refractivity contribution in [1.29, 1.82) is 0 Å². The van der Waals surface area contributed by atoms with Gasteiger partial charge < -0.3 is 4.74 Å². The largest absolute Gasteiger partial charge is 0.501 e.